The second-order valence-electron chi connectivity index (χ2n) is 4.82. The molecule has 11 heteroatoms. The van der Waals surface area contributed by atoms with Gasteiger partial charge in [0, 0.05) is 6.20 Å². The van der Waals surface area contributed by atoms with Gasteiger partial charge in [-0.15, -0.1) is 0 Å². The minimum absolute atomic E-state index is 0.226. The predicted molar refractivity (Wildman–Crippen MR) is 86.2 cm³/mol. The van der Waals surface area contributed by atoms with Crippen LogP contribution < -0.4 is 4.72 Å². The number of pyridine rings is 1. The minimum Gasteiger partial charge on any atom is -0.288 e. The second-order valence-corrected chi connectivity index (χ2v) is 7.18. The molecule has 6 nitrogen and oxygen atoms in total. The molecule has 0 aliphatic rings. The number of fused-ring (bicyclic) bond motifs is 1. The Bertz CT molecular complexity index is 1120. The van der Waals surface area contributed by atoms with Crippen molar-refractivity contribution < 1.29 is 22.0 Å². The molecule has 0 saturated carbocycles. The SMILES string of the molecule is O=C(NS(=O)(=O)c1c(Cl)nc2ccccn12)c1cc(F)c(Cl)cc1F. The number of aromatic nitrogens is 2. The molecule has 0 aliphatic heterocycles. The molecular weight excluding hydrogens is 399 g/mol. The van der Waals surface area contributed by atoms with E-state index in [1.54, 1.807) is 10.8 Å². The van der Waals surface area contributed by atoms with E-state index < -0.39 is 43.2 Å². The zero-order valence-corrected chi connectivity index (χ0v) is 14.3. The lowest BCUT2D eigenvalue weighted by atomic mass is 10.2. The highest BCUT2D eigenvalue weighted by molar-refractivity contribution is 7.90. The molecule has 3 aromatic rings. The maximum atomic E-state index is 13.8. The van der Waals surface area contributed by atoms with Crippen molar-refractivity contribution >= 4 is 44.8 Å². The van der Waals surface area contributed by atoms with Gasteiger partial charge in [0.1, 0.15) is 17.3 Å². The molecule has 130 valence electrons. The van der Waals surface area contributed by atoms with Gasteiger partial charge in [0.25, 0.3) is 15.9 Å². The zero-order valence-electron chi connectivity index (χ0n) is 12.0. The van der Waals surface area contributed by atoms with Gasteiger partial charge < -0.3 is 0 Å². The summed E-state index contributed by atoms with van der Waals surface area (Å²) in [6.45, 7) is 0. The van der Waals surface area contributed by atoms with Crippen LogP contribution in [0.5, 0.6) is 0 Å². The number of benzene rings is 1. The zero-order chi connectivity index (χ0) is 18.4. The van der Waals surface area contributed by atoms with E-state index in [9.17, 15) is 22.0 Å². The predicted octanol–water partition coefficient (Wildman–Crippen LogP) is 3.04. The van der Waals surface area contributed by atoms with Gasteiger partial charge in [-0.05, 0) is 24.3 Å². The standard InChI is InChI=1S/C14H7Cl2F2N3O3S/c15-8-6-9(17)7(5-10(8)18)13(22)20-25(23,24)14-12(16)19-11-3-1-2-4-21(11)14/h1-6H,(H,20,22). The van der Waals surface area contributed by atoms with Crippen molar-refractivity contribution in [2.75, 3.05) is 0 Å². The van der Waals surface area contributed by atoms with Gasteiger partial charge in [-0.25, -0.2) is 18.5 Å². The van der Waals surface area contributed by atoms with Gasteiger partial charge >= 0.3 is 0 Å². The Hall–Kier alpha value is -2.23. The number of halogens is 4. The van der Waals surface area contributed by atoms with Crippen molar-refractivity contribution in [3.05, 3.63) is 63.9 Å². The van der Waals surface area contributed by atoms with Gasteiger partial charge in [0.05, 0.1) is 10.6 Å². The average Bonchev–Trinajstić information content (AvgIpc) is 2.86. The van der Waals surface area contributed by atoms with Gasteiger partial charge in [-0.2, -0.15) is 8.42 Å². The quantitative estimate of drug-likeness (QED) is 0.679. The molecule has 0 radical (unpaired) electrons. The summed E-state index contributed by atoms with van der Waals surface area (Å²) in [6, 6.07) is 5.71. The van der Waals surface area contributed by atoms with Crippen LogP contribution in [0.4, 0.5) is 8.78 Å². The summed E-state index contributed by atoms with van der Waals surface area (Å²) in [5, 5.41) is -1.43. The molecule has 0 bridgehead atoms. The normalized spacial score (nSPS) is 11.7. The fourth-order valence-electron chi connectivity index (χ4n) is 2.11. The molecule has 0 fully saturated rings. The monoisotopic (exact) mass is 405 g/mol. The van der Waals surface area contributed by atoms with E-state index in [4.69, 9.17) is 23.2 Å². The van der Waals surface area contributed by atoms with Crippen LogP contribution in [0.3, 0.4) is 0 Å². The number of carbonyl (C=O) groups excluding carboxylic acids is 1. The number of imidazole rings is 1. The third-order valence-corrected chi connectivity index (χ3v) is 5.20. The van der Waals surface area contributed by atoms with Crippen LogP contribution in [0, 0.1) is 11.6 Å². The number of carbonyl (C=O) groups is 1. The average molecular weight is 406 g/mol. The molecule has 0 saturated heterocycles. The number of hydrogen-bond acceptors (Lipinski definition) is 4. The molecule has 3 rings (SSSR count). The number of sulfonamides is 1. The Morgan fingerprint density at radius 3 is 2.60 bits per heavy atom. The lowest BCUT2D eigenvalue weighted by molar-refractivity contribution is 0.0977. The maximum absolute atomic E-state index is 13.8. The van der Waals surface area contributed by atoms with Crippen molar-refractivity contribution in [1.82, 2.24) is 14.1 Å². The summed E-state index contributed by atoms with van der Waals surface area (Å²) in [5.41, 5.74) is -0.598. The minimum atomic E-state index is -4.51. The summed E-state index contributed by atoms with van der Waals surface area (Å²) in [4.78, 5) is 15.9. The topological polar surface area (TPSA) is 80.5 Å². The molecule has 0 unspecified atom stereocenters. The summed E-state index contributed by atoms with van der Waals surface area (Å²) in [7, 11) is -4.51. The molecule has 2 heterocycles. The molecule has 0 spiro atoms. The molecule has 0 atom stereocenters. The van der Waals surface area contributed by atoms with Crippen molar-refractivity contribution in [3.63, 3.8) is 0 Å². The summed E-state index contributed by atoms with van der Waals surface area (Å²) in [5.74, 6) is -3.63. The molecule has 0 aliphatic carbocycles. The number of hydrogen-bond donors (Lipinski definition) is 1. The van der Waals surface area contributed by atoms with Crippen LogP contribution in [0.2, 0.25) is 10.2 Å². The van der Waals surface area contributed by atoms with Gasteiger partial charge in [0.2, 0.25) is 0 Å². The first-order valence-electron chi connectivity index (χ1n) is 6.55. The first-order valence-corrected chi connectivity index (χ1v) is 8.79. The highest BCUT2D eigenvalue weighted by Crippen LogP contribution is 2.23. The first-order chi connectivity index (χ1) is 11.7. The molecule has 1 aromatic carbocycles. The fraction of sp³-hybridized carbons (Fsp3) is 0. The lowest BCUT2D eigenvalue weighted by Gasteiger charge is -2.08. The lowest BCUT2D eigenvalue weighted by Crippen LogP contribution is -2.32. The Balaban J connectivity index is 2.03. The van der Waals surface area contributed by atoms with E-state index in [1.165, 1.54) is 18.3 Å². The van der Waals surface area contributed by atoms with Crippen molar-refractivity contribution in [3.8, 4) is 0 Å². The molecule has 1 N–H and O–H groups in total. The van der Waals surface area contributed by atoms with Crippen molar-refractivity contribution in [2.45, 2.75) is 5.03 Å². The van der Waals surface area contributed by atoms with E-state index >= 15 is 0 Å². The largest absolute Gasteiger partial charge is 0.288 e. The fourth-order valence-corrected chi connectivity index (χ4v) is 3.87. The third-order valence-electron chi connectivity index (χ3n) is 3.18. The molecule has 1 amide bonds. The maximum Gasteiger partial charge on any atom is 0.283 e. The Labute approximate surface area is 150 Å². The summed E-state index contributed by atoms with van der Waals surface area (Å²) < 4.78 is 54.9. The number of amides is 1. The van der Waals surface area contributed by atoms with Gasteiger partial charge in [-0.1, -0.05) is 29.3 Å². The number of nitrogens with zero attached hydrogens (tertiary/aromatic N) is 2. The van der Waals surface area contributed by atoms with E-state index in [0.717, 1.165) is 4.40 Å². The summed E-state index contributed by atoms with van der Waals surface area (Å²) >= 11 is 11.2. The van der Waals surface area contributed by atoms with Crippen LogP contribution in [-0.4, -0.2) is 23.7 Å². The van der Waals surface area contributed by atoms with Crippen LogP contribution >= 0.6 is 23.2 Å². The van der Waals surface area contributed by atoms with Crippen LogP contribution in [-0.2, 0) is 10.0 Å². The third kappa shape index (κ3) is 3.17. The summed E-state index contributed by atoms with van der Waals surface area (Å²) in [6.07, 6.45) is 1.37. The Morgan fingerprint density at radius 1 is 1.16 bits per heavy atom. The van der Waals surface area contributed by atoms with Crippen LogP contribution in [0.1, 0.15) is 10.4 Å². The highest BCUT2D eigenvalue weighted by atomic mass is 35.5. The van der Waals surface area contributed by atoms with E-state index in [1.807, 2.05) is 0 Å². The number of nitrogens with one attached hydrogen (secondary N) is 1. The Morgan fingerprint density at radius 2 is 1.88 bits per heavy atom. The highest BCUT2D eigenvalue weighted by Gasteiger charge is 2.28. The van der Waals surface area contributed by atoms with Gasteiger partial charge in [-0.3, -0.25) is 9.20 Å². The number of rotatable bonds is 3. The van der Waals surface area contributed by atoms with Crippen molar-refractivity contribution in [1.29, 1.82) is 0 Å². The van der Waals surface area contributed by atoms with Crippen LogP contribution in [0.25, 0.3) is 5.65 Å². The molecular formula is C14H7Cl2F2N3O3S. The van der Waals surface area contributed by atoms with Crippen LogP contribution in [0.15, 0.2) is 41.6 Å². The smallest absolute Gasteiger partial charge is 0.283 e. The van der Waals surface area contributed by atoms with E-state index in [2.05, 4.69) is 4.98 Å². The van der Waals surface area contributed by atoms with Crippen molar-refractivity contribution in [2.24, 2.45) is 0 Å². The first kappa shape index (κ1) is 17.6. The van der Waals surface area contributed by atoms with E-state index in [0.29, 0.717) is 12.1 Å². The molecule has 2 aromatic heterocycles. The van der Waals surface area contributed by atoms with Gasteiger partial charge in [0.15, 0.2) is 10.2 Å². The molecule has 25 heavy (non-hydrogen) atoms. The second kappa shape index (κ2) is 6.25. The Kier molecular flexibility index (Phi) is 4.40. The van der Waals surface area contributed by atoms with E-state index in [-0.39, 0.29) is 10.8 Å².